The lowest BCUT2D eigenvalue weighted by Crippen LogP contribution is -2.09. The molecule has 1 heterocycles. The van der Waals surface area contributed by atoms with E-state index in [9.17, 15) is 4.79 Å². The number of aromatic nitrogens is 2. The van der Waals surface area contributed by atoms with Crippen LogP contribution in [0.5, 0.6) is 0 Å². The van der Waals surface area contributed by atoms with Gasteiger partial charge in [-0.3, -0.25) is 0 Å². The normalized spacial score (nSPS) is 12.7. The number of imidazole rings is 1. The minimum Gasteiger partial charge on any atom is -0.478 e. The van der Waals surface area contributed by atoms with Crippen molar-refractivity contribution in [1.82, 2.24) is 9.55 Å². The number of hydrogen-bond acceptors (Lipinski definition) is 2. The second-order valence-corrected chi connectivity index (χ2v) is 5.61. The smallest absolute Gasteiger partial charge is 0.335 e. The maximum absolute atomic E-state index is 11.1. The van der Waals surface area contributed by atoms with E-state index in [-0.39, 0.29) is 0 Å². The van der Waals surface area contributed by atoms with E-state index in [4.69, 9.17) is 5.11 Å². The molecule has 0 aliphatic rings. The average molecular weight is 288 g/mol. The van der Waals surface area contributed by atoms with Gasteiger partial charge < -0.3 is 9.67 Å². The Labute approximate surface area is 125 Å². The van der Waals surface area contributed by atoms with Crippen molar-refractivity contribution in [3.63, 3.8) is 0 Å². The molecule has 0 saturated heterocycles. The van der Waals surface area contributed by atoms with Crippen LogP contribution in [0.4, 0.5) is 0 Å². The standard InChI is InChI=1S/C17H24N2O2/c1-4-6-7-8-12(3)19-15-10-9-13(17(20)21)11-14(15)18-16(19)5-2/h9-12H,4-8H2,1-3H3,(H,20,21). The van der Waals surface area contributed by atoms with Crippen molar-refractivity contribution in [2.45, 2.75) is 58.9 Å². The van der Waals surface area contributed by atoms with Gasteiger partial charge in [0.25, 0.3) is 0 Å². The maximum Gasteiger partial charge on any atom is 0.335 e. The van der Waals surface area contributed by atoms with E-state index in [1.165, 1.54) is 19.3 Å². The summed E-state index contributed by atoms with van der Waals surface area (Å²) in [7, 11) is 0. The van der Waals surface area contributed by atoms with Gasteiger partial charge in [0.05, 0.1) is 16.6 Å². The minimum absolute atomic E-state index is 0.299. The summed E-state index contributed by atoms with van der Waals surface area (Å²) in [5.74, 6) is 0.136. The van der Waals surface area contributed by atoms with E-state index in [1.807, 2.05) is 6.07 Å². The van der Waals surface area contributed by atoms with Crippen molar-refractivity contribution in [3.05, 3.63) is 29.6 Å². The van der Waals surface area contributed by atoms with Crippen molar-refractivity contribution in [1.29, 1.82) is 0 Å². The van der Waals surface area contributed by atoms with Crippen LogP contribution in [0.2, 0.25) is 0 Å². The SMILES string of the molecule is CCCCCC(C)n1c(CC)nc2cc(C(=O)O)ccc21. The molecule has 0 radical (unpaired) electrons. The van der Waals surface area contributed by atoms with Crippen LogP contribution in [0.1, 0.15) is 68.7 Å². The average Bonchev–Trinajstić information content (AvgIpc) is 2.84. The number of aromatic carboxylic acids is 1. The van der Waals surface area contributed by atoms with E-state index >= 15 is 0 Å². The largest absolute Gasteiger partial charge is 0.478 e. The molecular formula is C17H24N2O2. The maximum atomic E-state index is 11.1. The molecule has 0 aliphatic carbocycles. The summed E-state index contributed by atoms with van der Waals surface area (Å²) < 4.78 is 2.27. The molecule has 0 bridgehead atoms. The molecule has 114 valence electrons. The quantitative estimate of drug-likeness (QED) is 0.766. The molecule has 0 spiro atoms. The Morgan fingerprint density at radius 2 is 2.10 bits per heavy atom. The molecule has 1 aromatic carbocycles. The number of fused-ring (bicyclic) bond motifs is 1. The first kappa shape index (κ1) is 15.5. The van der Waals surface area contributed by atoms with Crippen LogP contribution in [0.15, 0.2) is 18.2 Å². The number of benzene rings is 1. The lowest BCUT2D eigenvalue weighted by Gasteiger charge is -2.17. The Kier molecular flexibility index (Phi) is 4.99. The highest BCUT2D eigenvalue weighted by Gasteiger charge is 2.16. The number of aryl methyl sites for hydroxylation is 1. The number of nitrogens with zero attached hydrogens (tertiary/aromatic N) is 2. The molecule has 0 amide bonds. The van der Waals surface area contributed by atoms with Crippen molar-refractivity contribution >= 4 is 17.0 Å². The summed E-state index contributed by atoms with van der Waals surface area (Å²) >= 11 is 0. The highest BCUT2D eigenvalue weighted by Crippen LogP contribution is 2.26. The third-order valence-electron chi connectivity index (χ3n) is 3.99. The van der Waals surface area contributed by atoms with Gasteiger partial charge in [-0.15, -0.1) is 0 Å². The van der Waals surface area contributed by atoms with Crippen LogP contribution in [0.3, 0.4) is 0 Å². The Hall–Kier alpha value is -1.84. The molecule has 21 heavy (non-hydrogen) atoms. The van der Waals surface area contributed by atoms with Crippen LogP contribution in [-0.4, -0.2) is 20.6 Å². The van der Waals surface area contributed by atoms with Gasteiger partial charge in [0.1, 0.15) is 5.82 Å². The van der Waals surface area contributed by atoms with Crippen LogP contribution in [0.25, 0.3) is 11.0 Å². The Morgan fingerprint density at radius 3 is 2.71 bits per heavy atom. The zero-order valence-electron chi connectivity index (χ0n) is 13.1. The first-order valence-electron chi connectivity index (χ1n) is 7.82. The number of unbranched alkanes of at least 4 members (excludes halogenated alkanes) is 2. The zero-order valence-corrected chi connectivity index (χ0v) is 13.1. The van der Waals surface area contributed by atoms with E-state index in [0.717, 1.165) is 29.7 Å². The van der Waals surface area contributed by atoms with Crippen LogP contribution in [0, 0.1) is 0 Å². The molecule has 1 atom stereocenters. The Morgan fingerprint density at radius 1 is 1.33 bits per heavy atom. The summed E-state index contributed by atoms with van der Waals surface area (Å²) in [6.07, 6.45) is 5.68. The van der Waals surface area contributed by atoms with Gasteiger partial charge in [-0.2, -0.15) is 0 Å². The first-order chi connectivity index (χ1) is 10.1. The van der Waals surface area contributed by atoms with Crippen molar-refractivity contribution < 1.29 is 9.90 Å². The second kappa shape index (κ2) is 6.74. The molecule has 0 aliphatic heterocycles. The summed E-state index contributed by atoms with van der Waals surface area (Å²) in [5, 5.41) is 9.10. The molecule has 1 N–H and O–H groups in total. The molecule has 4 heteroatoms. The number of carboxylic acid groups (broad SMARTS) is 1. The van der Waals surface area contributed by atoms with E-state index in [1.54, 1.807) is 12.1 Å². The highest BCUT2D eigenvalue weighted by atomic mass is 16.4. The van der Waals surface area contributed by atoms with Crippen molar-refractivity contribution in [2.24, 2.45) is 0 Å². The molecule has 1 unspecified atom stereocenters. The van der Waals surface area contributed by atoms with E-state index in [0.29, 0.717) is 11.6 Å². The number of hydrogen-bond donors (Lipinski definition) is 1. The van der Waals surface area contributed by atoms with Crippen LogP contribution in [-0.2, 0) is 6.42 Å². The third-order valence-corrected chi connectivity index (χ3v) is 3.99. The molecule has 4 nitrogen and oxygen atoms in total. The predicted octanol–water partition coefficient (Wildman–Crippen LogP) is 4.44. The number of rotatable bonds is 7. The Balaban J connectivity index is 2.39. The fraction of sp³-hybridized carbons (Fsp3) is 0.529. The fourth-order valence-electron chi connectivity index (χ4n) is 2.84. The lowest BCUT2D eigenvalue weighted by molar-refractivity contribution is 0.0697. The highest BCUT2D eigenvalue weighted by molar-refractivity contribution is 5.92. The van der Waals surface area contributed by atoms with Gasteiger partial charge in [-0.25, -0.2) is 9.78 Å². The zero-order chi connectivity index (χ0) is 15.4. The van der Waals surface area contributed by atoms with Crippen molar-refractivity contribution in [2.75, 3.05) is 0 Å². The van der Waals surface area contributed by atoms with Gasteiger partial charge in [-0.1, -0.05) is 33.1 Å². The third kappa shape index (κ3) is 3.26. The van der Waals surface area contributed by atoms with Gasteiger partial charge in [-0.05, 0) is 31.5 Å². The fourth-order valence-corrected chi connectivity index (χ4v) is 2.84. The predicted molar refractivity (Wildman–Crippen MR) is 84.9 cm³/mol. The molecule has 0 fully saturated rings. The second-order valence-electron chi connectivity index (χ2n) is 5.61. The molecule has 0 saturated carbocycles. The molecule has 1 aromatic heterocycles. The van der Waals surface area contributed by atoms with Gasteiger partial charge >= 0.3 is 5.97 Å². The Bertz CT molecular complexity index is 631. The minimum atomic E-state index is -0.902. The summed E-state index contributed by atoms with van der Waals surface area (Å²) in [4.78, 5) is 15.7. The summed E-state index contributed by atoms with van der Waals surface area (Å²) in [5.41, 5.74) is 2.13. The van der Waals surface area contributed by atoms with Gasteiger partial charge in [0, 0.05) is 12.5 Å². The van der Waals surface area contributed by atoms with Gasteiger partial charge in [0.2, 0.25) is 0 Å². The molecule has 2 aromatic rings. The number of carbonyl (C=O) groups is 1. The van der Waals surface area contributed by atoms with Crippen molar-refractivity contribution in [3.8, 4) is 0 Å². The topological polar surface area (TPSA) is 55.1 Å². The van der Waals surface area contributed by atoms with E-state index < -0.39 is 5.97 Å². The number of carboxylic acids is 1. The first-order valence-corrected chi connectivity index (χ1v) is 7.82. The summed E-state index contributed by atoms with van der Waals surface area (Å²) in [6.45, 7) is 6.53. The van der Waals surface area contributed by atoms with Crippen LogP contribution >= 0.6 is 0 Å². The lowest BCUT2D eigenvalue weighted by atomic mass is 10.1. The van der Waals surface area contributed by atoms with E-state index in [2.05, 4.69) is 30.3 Å². The van der Waals surface area contributed by atoms with Crippen LogP contribution < -0.4 is 0 Å². The molecule has 2 rings (SSSR count). The monoisotopic (exact) mass is 288 g/mol. The summed E-state index contributed by atoms with van der Waals surface area (Å²) in [6, 6.07) is 5.63. The molecular weight excluding hydrogens is 264 g/mol. The van der Waals surface area contributed by atoms with Gasteiger partial charge in [0.15, 0.2) is 0 Å².